The van der Waals surface area contributed by atoms with E-state index in [0.717, 1.165) is 31.5 Å². The maximum Gasteiger partial charge on any atom is 0.245 e. The number of nitrogens with zero attached hydrogens (tertiary/aromatic N) is 3. The van der Waals surface area contributed by atoms with Crippen molar-refractivity contribution < 1.29 is 18.7 Å². The van der Waals surface area contributed by atoms with Crippen LogP contribution in [0.1, 0.15) is 24.8 Å². The highest BCUT2D eigenvalue weighted by atomic mass is 19.1. The van der Waals surface area contributed by atoms with Gasteiger partial charge in [0.25, 0.3) is 0 Å². The quantitative estimate of drug-likeness (QED) is 0.666. The minimum absolute atomic E-state index is 0.0692. The van der Waals surface area contributed by atoms with Crippen LogP contribution in [0.4, 0.5) is 4.39 Å². The van der Waals surface area contributed by atoms with Gasteiger partial charge in [0.15, 0.2) is 0 Å². The van der Waals surface area contributed by atoms with Crippen molar-refractivity contribution >= 4 is 11.8 Å². The summed E-state index contributed by atoms with van der Waals surface area (Å²) in [6, 6.07) is 6.20. The average Bonchev–Trinajstić information content (AvgIpc) is 3.56. The highest BCUT2D eigenvalue weighted by molar-refractivity contribution is 5.90. The molecule has 2 unspecified atom stereocenters. The monoisotopic (exact) mass is 432 g/mol. The number of carbonyl (C=O) groups excluding carboxylic acids is 2. The zero-order valence-corrected chi connectivity index (χ0v) is 18.3. The number of halogens is 1. The van der Waals surface area contributed by atoms with Crippen LogP contribution in [0.15, 0.2) is 24.3 Å². The van der Waals surface area contributed by atoms with Gasteiger partial charge in [-0.1, -0.05) is 12.1 Å². The number of methoxy groups -OCH3 is 1. The van der Waals surface area contributed by atoms with Gasteiger partial charge in [-0.05, 0) is 37.0 Å². The van der Waals surface area contributed by atoms with Crippen molar-refractivity contribution in [3.63, 3.8) is 0 Å². The van der Waals surface area contributed by atoms with Gasteiger partial charge in [0.05, 0.1) is 6.61 Å². The number of piperazine rings is 1. The first-order valence-corrected chi connectivity index (χ1v) is 11.3. The van der Waals surface area contributed by atoms with Crippen molar-refractivity contribution in [2.75, 3.05) is 53.0 Å². The minimum atomic E-state index is -0.394. The van der Waals surface area contributed by atoms with Gasteiger partial charge in [-0.15, -0.1) is 0 Å². The van der Waals surface area contributed by atoms with Crippen LogP contribution < -0.4 is 5.32 Å². The van der Waals surface area contributed by atoms with Crippen LogP contribution in [0.25, 0.3) is 0 Å². The van der Waals surface area contributed by atoms with Crippen LogP contribution in [0.5, 0.6) is 0 Å². The van der Waals surface area contributed by atoms with E-state index in [1.165, 1.54) is 12.1 Å². The van der Waals surface area contributed by atoms with Gasteiger partial charge in [0.1, 0.15) is 11.9 Å². The fourth-order valence-corrected chi connectivity index (χ4v) is 4.64. The summed E-state index contributed by atoms with van der Waals surface area (Å²) in [7, 11) is 1.67. The Labute approximate surface area is 183 Å². The third kappa shape index (κ3) is 5.42. The van der Waals surface area contributed by atoms with Crippen molar-refractivity contribution in [3.8, 4) is 0 Å². The summed E-state index contributed by atoms with van der Waals surface area (Å²) >= 11 is 0. The first kappa shape index (κ1) is 22.2. The molecule has 3 aliphatic rings. The van der Waals surface area contributed by atoms with E-state index in [1.807, 2.05) is 9.80 Å². The molecular formula is C23H33FN4O3. The SMILES string of the molecule is COCCN(Cc1ccc(F)cc1)C1CC(C(=O)N2CCNCC2)N(C(=O)C2CC2)C1. The Balaban J connectivity index is 1.51. The molecule has 7 nitrogen and oxygen atoms in total. The lowest BCUT2D eigenvalue weighted by atomic mass is 10.1. The van der Waals surface area contributed by atoms with E-state index in [9.17, 15) is 14.0 Å². The van der Waals surface area contributed by atoms with Gasteiger partial charge in [0, 0.05) is 64.9 Å². The Morgan fingerprint density at radius 2 is 1.87 bits per heavy atom. The summed E-state index contributed by atoms with van der Waals surface area (Å²) in [5, 5.41) is 3.28. The summed E-state index contributed by atoms with van der Waals surface area (Å²) in [6.45, 7) is 5.41. The zero-order chi connectivity index (χ0) is 21.8. The topological polar surface area (TPSA) is 65.1 Å². The molecule has 2 saturated heterocycles. The summed E-state index contributed by atoms with van der Waals surface area (Å²) < 4.78 is 18.7. The molecule has 1 aromatic rings. The van der Waals surface area contributed by atoms with Crippen LogP contribution in [-0.4, -0.2) is 91.6 Å². The van der Waals surface area contributed by atoms with Crippen molar-refractivity contribution in [3.05, 3.63) is 35.6 Å². The van der Waals surface area contributed by atoms with E-state index in [2.05, 4.69) is 10.2 Å². The number of rotatable bonds is 8. The van der Waals surface area contributed by atoms with Crippen LogP contribution in [0.3, 0.4) is 0 Å². The van der Waals surface area contributed by atoms with E-state index in [4.69, 9.17) is 4.74 Å². The lowest BCUT2D eigenvalue weighted by Gasteiger charge is -2.32. The number of nitrogens with one attached hydrogen (secondary N) is 1. The Morgan fingerprint density at radius 1 is 1.16 bits per heavy atom. The number of likely N-dealkylation sites (tertiary alicyclic amines) is 1. The highest BCUT2D eigenvalue weighted by Gasteiger charge is 2.46. The molecule has 2 amide bonds. The molecule has 170 valence electrons. The highest BCUT2D eigenvalue weighted by Crippen LogP contribution is 2.35. The molecular weight excluding hydrogens is 399 g/mol. The molecule has 8 heteroatoms. The second-order valence-electron chi connectivity index (χ2n) is 8.84. The van der Waals surface area contributed by atoms with Crippen LogP contribution in [0.2, 0.25) is 0 Å². The minimum Gasteiger partial charge on any atom is -0.383 e. The van der Waals surface area contributed by atoms with Crippen molar-refractivity contribution in [1.29, 1.82) is 0 Å². The lowest BCUT2D eigenvalue weighted by molar-refractivity contribution is -0.144. The predicted molar refractivity (Wildman–Crippen MR) is 115 cm³/mol. The largest absolute Gasteiger partial charge is 0.383 e. The third-order valence-corrected chi connectivity index (χ3v) is 6.60. The molecule has 2 heterocycles. The van der Waals surface area contributed by atoms with E-state index >= 15 is 0 Å². The van der Waals surface area contributed by atoms with Gasteiger partial charge in [-0.2, -0.15) is 0 Å². The van der Waals surface area contributed by atoms with Gasteiger partial charge >= 0.3 is 0 Å². The van der Waals surface area contributed by atoms with Gasteiger partial charge in [-0.25, -0.2) is 4.39 Å². The number of hydrogen-bond acceptors (Lipinski definition) is 5. The second kappa shape index (κ2) is 10.1. The Bertz CT molecular complexity index is 765. The second-order valence-corrected chi connectivity index (χ2v) is 8.84. The Kier molecular flexibility index (Phi) is 7.20. The van der Waals surface area contributed by atoms with E-state index in [0.29, 0.717) is 45.8 Å². The van der Waals surface area contributed by atoms with Crippen molar-refractivity contribution in [2.45, 2.75) is 37.9 Å². The van der Waals surface area contributed by atoms with E-state index in [-0.39, 0.29) is 29.6 Å². The lowest BCUT2D eigenvalue weighted by Crippen LogP contribution is -2.53. The molecule has 0 spiro atoms. The maximum absolute atomic E-state index is 13.4. The third-order valence-electron chi connectivity index (χ3n) is 6.60. The van der Waals surface area contributed by atoms with Crippen LogP contribution in [-0.2, 0) is 20.9 Å². The molecule has 4 rings (SSSR count). The molecule has 2 aliphatic heterocycles. The number of amides is 2. The van der Waals surface area contributed by atoms with Gasteiger partial charge in [0.2, 0.25) is 11.8 Å². The molecule has 1 aromatic carbocycles. The maximum atomic E-state index is 13.4. The molecule has 2 atom stereocenters. The fourth-order valence-electron chi connectivity index (χ4n) is 4.64. The molecule has 3 fully saturated rings. The summed E-state index contributed by atoms with van der Waals surface area (Å²) in [6.07, 6.45) is 2.49. The Morgan fingerprint density at radius 3 is 2.52 bits per heavy atom. The molecule has 1 N–H and O–H groups in total. The number of benzene rings is 1. The van der Waals surface area contributed by atoms with E-state index in [1.54, 1.807) is 19.2 Å². The standard InChI is InChI=1S/C23H33FN4O3/c1-31-13-12-27(15-17-2-6-19(24)7-3-17)20-14-21(23(30)26-10-8-25-9-11-26)28(16-20)22(29)18-4-5-18/h2-3,6-7,18,20-21,25H,4-5,8-16H2,1H3. The molecule has 0 aromatic heterocycles. The molecule has 31 heavy (non-hydrogen) atoms. The normalized spacial score (nSPS) is 24.1. The van der Waals surface area contributed by atoms with Crippen molar-refractivity contribution in [1.82, 2.24) is 20.0 Å². The van der Waals surface area contributed by atoms with Crippen LogP contribution >= 0.6 is 0 Å². The number of carbonyl (C=O) groups is 2. The summed E-state index contributed by atoms with van der Waals surface area (Å²) in [5.74, 6) is 0.0356. The summed E-state index contributed by atoms with van der Waals surface area (Å²) in [4.78, 5) is 32.4. The zero-order valence-electron chi connectivity index (χ0n) is 18.3. The molecule has 0 radical (unpaired) electrons. The molecule has 1 aliphatic carbocycles. The average molecular weight is 433 g/mol. The first-order valence-electron chi connectivity index (χ1n) is 11.3. The van der Waals surface area contributed by atoms with Gasteiger partial charge < -0.3 is 19.9 Å². The molecule has 1 saturated carbocycles. The Hall–Kier alpha value is -2.03. The predicted octanol–water partition coefficient (Wildman–Crippen LogP) is 1.09. The summed E-state index contributed by atoms with van der Waals surface area (Å²) in [5.41, 5.74) is 1.01. The first-order chi connectivity index (χ1) is 15.1. The van der Waals surface area contributed by atoms with Crippen LogP contribution in [0, 0.1) is 11.7 Å². The number of hydrogen-bond donors (Lipinski definition) is 1. The smallest absolute Gasteiger partial charge is 0.245 e. The van der Waals surface area contributed by atoms with E-state index < -0.39 is 6.04 Å². The van der Waals surface area contributed by atoms with Crippen molar-refractivity contribution in [2.24, 2.45) is 5.92 Å². The fraction of sp³-hybridized carbons (Fsp3) is 0.652. The van der Waals surface area contributed by atoms with Gasteiger partial charge in [-0.3, -0.25) is 14.5 Å². The molecule has 0 bridgehead atoms. The number of ether oxygens (including phenoxy) is 1.